The van der Waals surface area contributed by atoms with Crippen LogP contribution in [0.1, 0.15) is 39.2 Å². The Morgan fingerprint density at radius 2 is 2.21 bits per heavy atom. The van der Waals surface area contributed by atoms with E-state index in [4.69, 9.17) is 4.74 Å². The topological polar surface area (TPSA) is 55.3 Å². The van der Waals surface area contributed by atoms with Gasteiger partial charge in [0.1, 0.15) is 5.75 Å². The molecule has 1 aliphatic rings. The molecule has 0 unspecified atom stereocenters. The fraction of sp³-hybridized carbons (Fsp3) is 0.471. The lowest BCUT2D eigenvalue weighted by Gasteiger charge is -2.15. The molecular formula is C17H21N3O2S2. The molecule has 1 aromatic carbocycles. The van der Waals surface area contributed by atoms with E-state index >= 15 is 0 Å². The first-order valence-corrected chi connectivity index (χ1v) is 9.85. The molecule has 5 nitrogen and oxygen atoms in total. The van der Waals surface area contributed by atoms with Gasteiger partial charge in [-0.3, -0.25) is 9.69 Å². The van der Waals surface area contributed by atoms with E-state index in [9.17, 15) is 4.79 Å². The Morgan fingerprint density at radius 3 is 2.88 bits per heavy atom. The summed E-state index contributed by atoms with van der Waals surface area (Å²) in [5.41, 5.74) is 1.18. The van der Waals surface area contributed by atoms with E-state index in [0.717, 1.165) is 28.7 Å². The van der Waals surface area contributed by atoms with Crippen LogP contribution in [0.4, 0.5) is 5.13 Å². The lowest BCUT2D eigenvalue weighted by Crippen LogP contribution is -2.30. The summed E-state index contributed by atoms with van der Waals surface area (Å²) in [4.78, 5) is 13.6. The van der Waals surface area contributed by atoms with Crippen molar-refractivity contribution in [1.82, 2.24) is 10.2 Å². The molecule has 1 aromatic heterocycles. The largest absolute Gasteiger partial charge is 0.491 e. The maximum atomic E-state index is 11.8. The maximum absolute atomic E-state index is 11.8. The minimum absolute atomic E-state index is 0.0451. The molecule has 0 aliphatic heterocycles. The van der Waals surface area contributed by atoms with Crippen molar-refractivity contribution in [2.24, 2.45) is 0 Å². The summed E-state index contributed by atoms with van der Waals surface area (Å²) < 4.78 is 6.60. The molecule has 24 heavy (non-hydrogen) atoms. The summed E-state index contributed by atoms with van der Waals surface area (Å²) in [6.07, 6.45) is 2.28. The highest BCUT2D eigenvalue weighted by molar-refractivity contribution is 8.00. The fourth-order valence-electron chi connectivity index (χ4n) is 2.36. The highest BCUT2D eigenvalue weighted by Crippen LogP contribution is 2.36. The van der Waals surface area contributed by atoms with Crippen molar-refractivity contribution in [2.75, 3.05) is 4.90 Å². The van der Waals surface area contributed by atoms with Gasteiger partial charge >= 0.3 is 0 Å². The molecule has 1 heterocycles. The Labute approximate surface area is 150 Å². The van der Waals surface area contributed by atoms with Gasteiger partial charge in [0.2, 0.25) is 11.0 Å². The van der Waals surface area contributed by atoms with Gasteiger partial charge in [-0.25, -0.2) is 0 Å². The second-order valence-corrected chi connectivity index (χ2v) is 8.25. The summed E-state index contributed by atoms with van der Waals surface area (Å²) in [5.74, 6) is 1.73. The van der Waals surface area contributed by atoms with Gasteiger partial charge in [0, 0.05) is 18.7 Å². The SMILES string of the molecule is CC(=O)N(c1nnc(SCc2cccc(OC(C)C)c2)s1)C1CC1. The Kier molecular flexibility index (Phi) is 5.40. The van der Waals surface area contributed by atoms with Crippen LogP contribution in [0.25, 0.3) is 0 Å². The Morgan fingerprint density at radius 1 is 1.42 bits per heavy atom. The van der Waals surface area contributed by atoms with Crippen molar-refractivity contribution in [3.8, 4) is 5.75 Å². The molecule has 0 spiro atoms. The molecule has 3 rings (SSSR count). The first-order chi connectivity index (χ1) is 11.5. The van der Waals surface area contributed by atoms with Crippen molar-refractivity contribution < 1.29 is 9.53 Å². The Bertz CT molecular complexity index is 713. The average molecular weight is 364 g/mol. The molecule has 0 bridgehead atoms. The van der Waals surface area contributed by atoms with Gasteiger partial charge in [-0.1, -0.05) is 35.2 Å². The van der Waals surface area contributed by atoms with Crippen molar-refractivity contribution in [2.45, 2.75) is 55.9 Å². The minimum atomic E-state index is 0.0451. The lowest BCUT2D eigenvalue weighted by atomic mass is 10.2. The second kappa shape index (κ2) is 7.53. The van der Waals surface area contributed by atoms with Crippen LogP contribution in [0.15, 0.2) is 28.6 Å². The number of carbonyl (C=O) groups excluding carboxylic acids is 1. The van der Waals surface area contributed by atoms with E-state index in [2.05, 4.69) is 22.3 Å². The number of benzene rings is 1. The highest BCUT2D eigenvalue weighted by atomic mass is 32.2. The van der Waals surface area contributed by atoms with Crippen LogP contribution in [-0.4, -0.2) is 28.3 Å². The number of rotatable bonds is 7. The third-order valence-electron chi connectivity index (χ3n) is 3.49. The summed E-state index contributed by atoms with van der Waals surface area (Å²) >= 11 is 3.12. The number of nitrogens with zero attached hydrogens (tertiary/aromatic N) is 3. The molecule has 0 radical (unpaired) electrons. The van der Waals surface area contributed by atoms with Gasteiger partial charge < -0.3 is 4.74 Å². The predicted molar refractivity (Wildman–Crippen MR) is 97.9 cm³/mol. The summed E-state index contributed by atoms with van der Waals surface area (Å²) in [6, 6.07) is 8.43. The van der Waals surface area contributed by atoms with Gasteiger partial charge in [-0.05, 0) is 44.4 Å². The average Bonchev–Trinajstić information content (AvgIpc) is 3.23. The van der Waals surface area contributed by atoms with Crippen LogP contribution in [0.3, 0.4) is 0 Å². The van der Waals surface area contributed by atoms with Gasteiger partial charge in [-0.2, -0.15) is 0 Å². The van der Waals surface area contributed by atoms with Crippen molar-refractivity contribution in [3.63, 3.8) is 0 Å². The summed E-state index contributed by atoms with van der Waals surface area (Å²) in [7, 11) is 0. The molecular weight excluding hydrogens is 342 g/mol. The number of thioether (sulfide) groups is 1. The zero-order chi connectivity index (χ0) is 17.1. The van der Waals surface area contributed by atoms with Crippen LogP contribution in [0.5, 0.6) is 5.75 Å². The first kappa shape index (κ1) is 17.2. The number of amides is 1. The molecule has 0 saturated heterocycles. The molecule has 2 aromatic rings. The number of carbonyl (C=O) groups is 1. The predicted octanol–water partition coefficient (Wildman–Crippen LogP) is 4.13. The van der Waals surface area contributed by atoms with Crippen molar-refractivity contribution in [1.29, 1.82) is 0 Å². The van der Waals surface area contributed by atoms with E-state index in [1.165, 1.54) is 16.9 Å². The number of hydrogen-bond donors (Lipinski definition) is 0. The fourth-order valence-corrected chi connectivity index (χ4v) is 4.26. The molecule has 1 fully saturated rings. The number of hydrogen-bond acceptors (Lipinski definition) is 6. The quantitative estimate of drug-likeness (QED) is 0.547. The van der Waals surface area contributed by atoms with Crippen molar-refractivity contribution >= 4 is 34.1 Å². The summed E-state index contributed by atoms with van der Waals surface area (Å²) in [5, 5.41) is 9.13. The van der Waals surface area contributed by atoms with Gasteiger partial charge in [0.05, 0.1) is 6.10 Å². The minimum Gasteiger partial charge on any atom is -0.491 e. The molecule has 1 aliphatic carbocycles. The van der Waals surface area contributed by atoms with Crippen LogP contribution in [0.2, 0.25) is 0 Å². The maximum Gasteiger partial charge on any atom is 0.225 e. The molecule has 0 atom stereocenters. The number of anilines is 1. The zero-order valence-electron chi connectivity index (χ0n) is 14.1. The normalized spacial score (nSPS) is 14.0. The van der Waals surface area contributed by atoms with Crippen molar-refractivity contribution in [3.05, 3.63) is 29.8 Å². The van der Waals surface area contributed by atoms with Crippen LogP contribution >= 0.6 is 23.1 Å². The smallest absolute Gasteiger partial charge is 0.225 e. The number of aromatic nitrogens is 2. The lowest BCUT2D eigenvalue weighted by molar-refractivity contribution is -0.116. The molecule has 7 heteroatoms. The molecule has 0 N–H and O–H groups in total. The summed E-state index contributed by atoms with van der Waals surface area (Å²) in [6.45, 7) is 5.63. The molecule has 1 saturated carbocycles. The van der Waals surface area contributed by atoms with E-state index < -0.39 is 0 Å². The van der Waals surface area contributed by atoms with E-state index in [1.54, 1.807) is 23.6 Å². The van der Waals surface area contributed by atoms with Gasteiger partial charge in [-0.15, -0.1) is 10.2 Å². The molecule has 1 amide bonds. The molecule has 128 valence electrons. The monoisotopic (exact) mass is 363 g/mol. The Balaban J connectivity index is 1.62. The Hall–Kier alpha value is -1.60. The second-order valence-electron chi connectivity index (χ2n) is 6.07. The van der Waals surface area contributed by atoms with E-state index in [-0.39, 0.29) is 12.0 Å². The van der Waals surface area contributed by atoms with E-state index in [1.807, 2.05) is 26.0 Å². The third-order valence-corrected chi connectivity index (χ3v) is 5.61. The van der Waals surface area contributed by atoms with Crippen LogP contribution in [0, 0.1) is 0 Å². The van der Waals surface area contributed by atoms with Crippen LogP contribution in [-0.2, 0) is 10.5 Å². The zero-order valence-corrected chi connectivity index (χ0v) is 15.7. The number of ether oxygens (including phenoxy) is 1. The van der Waals surface area contributed by atoms with Gasteiger partial charge in [0.15, 0.2) is 4.34 Å². The van der Waals surface area contributed by atoms with Crippen LogP contribution < -0.4 is 9.64 Å². The highest BCUT2D eigenvalue weighted by Gasteiger charge is 2.34. The first-order valence-electron chi connectivity index (χ1n) is 8.04. The standard InChI is InChI=1S/C17H21N3O2S2/c1-11(2)22-15-6-4-5-13(9-15)10-23-17-19-18-16(24-17)20(12(3)21)14-7-8-14/h4-6,9,11,14H,7-8,10H2,1-3H3. The third kappa shape index (κ3) is 4.48. The van der Waals surface area contributed by atoms with Gasteiger partial charge in [0.25, 0.3) is 0 Å². The van der Waals surface area contributed by atoms with E-state index in [0.29, 0.717) is 11.2 Å².